The van der Waals surface area contributed by atoms with Crippen molar-refractivity contribution in [1.82, 2.24) is 0 Å². The summed E-state index contributed by atoms with van der Waals surface area (Å²) < 4.78 is 0. The summed E-state index contributed by atoms with van der Waals surface area (Å²) in [6.45, 7) is 1.92. The Hall–Kier alpha value is -1.08. The van der Waals surface area contributed by atoms with E-state index in [4.69, 9.17) is 11.6 Å². The highest BCUT2D eigenvalue weighted by atomic mass is 35.5. The summed E-state index contributed by atoms with van der Waals surface area (Å²) in [4.78, 5) is 10.1. The van der Waals surface area contributed by atoms with Gasteiger partial charge in [-0.2, -0.15) is 0 Å². The largest absolute Gasteiger partial charge is 0.299 e. The van der Waals surface area contributed by atoms with Gasteiger partial charge in [-0.05, 0) is 30.2 Å². The number of benzene rings is 1. The van der Waals surface area contributed by atoms with Gasteiger partial charge in [-0.15, -0.1) is 0 Å². The van der Waals surface area contributed by atoms with Crippen LogP contribution < -0.4 is 0 Å². The van der Waals surface area contributed by atoms with E-state index in [-0.39, 0.29) is 0 Å². The van der Waals surface area contributed by atoms with Crippen molar-refractivity contribution >= 4 is 24.0 Å². The highest BCUT2D eigenvalue weighted by Gasteiger charge is 1.96. The van der Waals surface area contributed by atoms with Crippen molar-refractivity contribution in [2.45, 2.75) is 6.92 Å². The summed E-state index contributed by atoms with van der Waals surface area (Å²) >= 11 is 5.87. The molecule has 0 unspecified atom stereocenters. The minimum Gasteiger partial charge on any atom is -0.299 e. The lowest BCUT2D eigenvalue weighted by Crippen LogP contribution is -1.80. The van der Waals surface area contributed by atoms with E-state index >= 15 is 0 Å². The van der Waals surface area contributed by atoms with Gasteiger partial charge in [-0.25, -0.2) is 0 Å². The van der Waals surface area contributed by atoms with Crippen LogP contribution in [0, 0.1) is 6.92 Å². The molecular weight excluding hydrogens is 172 g/mol. The summed E-state index contributed by atoms with van der Waals surface area (Å²) in [6, 6.07) is 5.61. The number of allylic oxidation sites excluding steroid dienone is 1. The van der Waals surface area contributed by atoms with Crippen LogP contribution in [0.2, 0.25) is 5.02 Å². The number of rotatable bonds is 2. The Labute approximate surface area is 76.7 Å². The van der Waals surface area contributed by atoms with Crippen LogP contribution in [-0.2, 0) is 4.79 Å². The van der Waals surface area contributed by atoms with Gasteiger partial charge in [0.25, 0.3) is 0 Å². The number of carbonyl (C=O) groups excluding carboxylic acids is 1. The maximum absolute atomic E-state index is 10.1. The van der Waals surface area contributed by atoms with Crippen molar-refractivity contribution in [3.8, 4) is 0 Å². The first kappa shape index (κ1) is 9.01. The molecule has 1 rings (SSSR count). The highest BCUT2D eigenvalue weighted by molar-refractivity contribution is 6.31. The lowest BCUT2D eigenvalue weighted by atomic mass is 10.1. The molecule has 2 heteroatoms. The van der Waals surface area contributed by atoms with Gasteiger partial charge in [0.05, 0.1) is 0 Å². The second-order valence-electron chi connectivity index (χ2n) is 2.45. The zero-order valence-electron chi connectivity index (χ0n) is 6.75. The number of carbonyl (C=O) groups is 1. The molecule has 0 radical (unpaired) electrons. The highest BCUT2D eigenvalue weighted by Crippen LogP contribution is 2.19. The molecule has 0 saturated heterocycles. The summed E-state index contributed by atoms with van der Waals surface area (Å²) in [5.74, 6) is 0. The second-order valence-corrected chi connectivity index (χ2v) is 2.86. The summed E-state index contributed by atoms with van der Waals surface area (Å²) in [6.07, 6.45) is 3.95. The molecule has 0 heterocycles. The Morgan fingerprint density at radius 2 is 2.17 bits per heavy atom. The van der Waals surface area contributed by atoms with Gasteiger partial charge in [-0.3, -0.25) is 4.79 Å². The van der Waals surface area contributed by atoms with Gasteiger partial charge in [0, 0.05) is 5.02 Å². The Balaban J connectivity index is 3.07. The number of hydrogen-bond acceptors (Lipinski definition) is 1. The topological polar surface area (TPSA) is 17.1 Å². The first-order chi connectivity index (χ1) is 5.75. The molecule has 0 saturated carbocycles. The van der Waals surface area contributed by atoms with Crippen molar-refractivity contribution in [2.24, 2.45) is 0 Å². The van der Waals surface area contributed by atoms with Gasteiger partial charge < -0.3 is 0 Å². The Kier molecular flexibility index (Phi) is 3.06. The van der Waals surface area contributed by atoms with Gasteiger partial charge in [0.2, 0.25) is 0 Å². The van der Waals surface area contributed by atoms with Crippen LogP contribution in [0.3, 0.4) is 0 Å². The minimum absolute atomic E-state index is 0.725. The van der Waals surface area contributed by atoms with Crippen molar-refractivity contribution < 1.29 is 4.79 Å². The fraction of sp³-hybridized carbons (Fsp3) is 0.100. The number of halogens is 1. The smallest absolute Gasteiger partial charge is 0.142 e. The van der Waals surface area contributed by atoms with E-state index in [0.29, 0.717) is 0 Å². The second kappa shape index (κ2) is 4.07. The lowest BCUT2D eigenvalue weighted by Gasteiger charge is -2.00. The molecule has 0 aliphatic rings. The summed E-state index contributed by atoms with van der Waals surface area (Å²) in [7, 11) is 0. The third-order valence-corrected chi connectivity index (χ3v) is 2.07. The fourth-order valence-electron chi connectivity index (χ4n) is 0.948. The molecule has 1 nitrogen and oxygen atoms in total. The molecular formula is C10H9ClO. The van der Waals surface area contributed by atoms with Crippen molar-refractivity contribution in [3.05, 3.63) is 40.4 Å². The fourth-order valence-corrected chi connectivity index (χ4v) is 1.13. The van der Waals surface area contributed by atoms with Crippen LogP contribution in [0.4, 0.5) is 0 Å². The monoisotopic (exact) mass is 180 g/mol. The molecule has 0 atom stereocenters. The van der Waals surface area contributed by atoms with Crippen LogP contribution >= 0.6 is 11.6 Å². The van der Waals surface area contributed by atoms with Crippen LogP contribution in [0.1, 0.15) is 11.1 Å². The van der Waals surface area contributed by atoms with E-state index in [9.17, 15) is 4.79 Å². The maximum Gasteiger partial charge on any atom is 0.142 e. The third-order valence-electron chi connectivity index (χ3n) is 1.66. The summed E-state index contributed by atoms with van der Waals surface area (Å²) in [5.41, 5.74) is 1.98. The van der Waals surface area contributed by atoms with E-state index in [1.54, 1.807) is 6.08 Å². The molecule has 0 fully saturated rings. The van der Waals surface area contributed by atoms with E-state index < -0.39 is 0 Å². The molecule has 0 amide bonds. The number of aldehydes is 1. The molecule has 0 spiro atoms. The molecule has 0 aliphatic heterocycles. The van der Waals surface area contributed by atoms with Crippen molar-refractivity contribution in [1.29, 1.82) is 0 Å². The molecule has 0 aliphatic carbocycles. The van der Waals surface area contributed by atoms with Gasteiger partial charge in [0.1, 0.15) is 6.29 Å². The standard InChI is InChI=1S/C10H9ClO/c1-8-9(5-3-7-12)4-2-6-10(8)11/h2-7H,1H3. The molecule has 12 heavy (non-hydrogen) atoms. The Morgan fingerprint density at radius 1 is 1.42 bits per heavy atom. The maximum atomic E-state index is 10.1. The summed E-state index contributed by atoms with van der Waals surface area (Å²) in [5, 5.41) is 0.725. The Morgan fingerprint density at radius 3 is 2.83 bits per heavy atom. The first-order valence-corrected chi connectivity index (χ1v) is 4.00. The van der Waals surface area contributed by atoms with E-state index in [2.05, 4.69) is 0 Å². The van der Waals surface area contributed by atoms with E-state index in [1.807, 2.05) is 25.1 Å². The predicted molar refractivity (Wildman–Crippen MR) is 51.3 cm³/mol. The van der Waals surface area contributed by atoms with Crippen LogP contribution in [0.15, 0.2) is 24.3 Å². The van der Waals surface area contributed by atoms with Crippen LogP contribution in [0.25, 0.3) is 6.08 Å². The minimum atomic E-state index is 0.725. The zero-order chi connectivity index (χ0) is 8.97. The third kappa shape index (κ3) is 1.95. The zero-order valence-corrected chi connectivity index (χ0v) is 7.51. The molecule has 1 aromatic carbocycles. The van der Waals surface area contributed by atoms with Crippen LogP contribution in [-0.4, -0.2) is 6.29 Å². The van der Waals surface area contributed by atoms with Crippen LogP contribution in [0.5, 0.6) is 0 Å². The number of hydrogen-bond donors (Lipinski definition) is 0. The SMILES string of the molecule is Cc1c(Cl)cccc1C=CC=O. The Bertz CT molecular complexity index is 316. The normalized spacial score (nSPS) is 10.5. The molecule has 0 aromatic heterocycles. The van der Waals surface area contributed by atoms with Gasteiger partial charge >= 0.3 is 0 Å². The molecule has 62 valence electrons. The molecule has 1 aromatic rings. The van der Waals surface area contributed by atoms with Gasteiger partial charge in [0.15, 0.2) is 0 Å². The van der Waals surface area contributed by atoms with Crippen molar-refractivity contribution in [3.63, 3.8) is 0 Å². The first-order valence-electron chi connectivity index (χ1n) is 3.62. The predicted octanol–water partition coefficient (Wildman–Crippen LogP) is 2.86. The molecule has 0 bridgehead atoms. The quantitative estimate of drug-likeness (QED) is 0.505. The lowest BCUT2D eigenvalue weighted by molar-refractivity contribution is -0.104. The van der Waals surface area contributed by atoms with E-state index in [1.165, 1.54) is 6.08 Å². The van der Waals surface area contributed by atoms with Gasteiger partial charge in [-0.1, -0.05) is 29.8 Å². The average molecular weight is 181 g/mol. The molecule has 0 N–H and O–H groups in total. The van der Waals surface area contributed by atoms with E-state index in [0.717, 1.165) is 22.4 Å². The average Bonchev–Trinajstić information content (AvgIpc) is 2.08. The van der Waals surface area contributed by atoms with Crippen molar-refractivity contribution in [2.75, 3.05) is 0 Å².